The molecule has 0 fully saturated rings. The van der Waals surface area contributed by atoms with Crippen LogP contribution in [0.1, 0.15) is 11.1 Å². The number of azo groups is 3. The number of nitrogens with two attached hydrogens (primary N) is 1. The molecule has 0 saturated carbocycles. The lowest BCUT2D eigenvalue weighted by Crippen LogP contribution is -2.16. The molecule has 15 N–H and O–H groups in total. The smallest absolute Gasteiger partial charge is 0.397 e. The highest BCUT2D eigenvalue weighted by Crippen LogP contribution is 2.58. The highest BCUT2D eigenvalue weighted by atomic mass is 32.3. The SMILES string of the molecule is COc1cc(S(=O)(=O)CCOS(=O)(=O)O)c(C)cc1N=Nc1c(S(O)(O)O)cc2cc(N(C)c3nc(F)nc(Nc4ccc(S(=O)(=O)O)c(N=Nc5c(S(O)(O)O)cc6cc(S(=O)(=O)O)c(N=Nc7cc(C)c(S(=O)(=O)CCOS(=O)(=O)O)cc7OC)c(N)c6c5O)c4)n3)ccc2c1O. The van der Waals surface area contributed by atoms with Crippen LogP contribution < -0.4 is 25.4 Å². The van der Waals surface area contributed by atoms with Crippen molar-refractivity contribution in [3.63, 3.8) is 0 Å². The van der Waals surface area contributed by atoms with Gasteiger partial charge in [0.1, 0.15) is 77.2 Å². The van der Waals surface area contributed by atoms with Gasteiger partial charge in [-0.3, -0.25) is 18.2 Å². The first-order chi connectivity index (χ1) is 45.6. The number of rotatable bonds is 26. The Morgan fingerprint density at radius 3 is 1.45 bits per heavy atom. The Kier molecular flexibility index (Phi) is 21.6. The number of aryl methyl sites for hydroxylation is 2. The lowest BCUT2D eigenvalue weighted by atomic mass is 10.1. The normalized spacial score (nSPS) is 13.5. The monoisotopic (exact) mass is 1540 g/mol. The minimum absolute atomic E-state index is 0.0105. The zero-order valence-electron chi connectivity index (χ0n) is 50.4. The van der Waals surface area contributed by atoms with Gasteiger partial charge in [0.2, 0.25) is 11.9 Å². The Labute approximate surface area is 562 Å². The van der Waals surface area contributed by atoms with Crippen LogP contribution in [0.4, 0.5) is 67.5 Å². The first-order valence-corrected chi connectivity index (χ1v) is 38.3. The first kappa shape index (κ1) is 76.1. The number of methoxy groups -OCH3 is 2. The number of nitrogens with zero attached hydrogens (tertiary/aromatic N) is 10. The van der Waals surface area contributed by atoms with Crippen molar-refractivity contribution in [2.24, 2.45) is 30.7 Å². The summed E-state index contributed by atoms with van der Waals surface area (Å²) in [6.45, 7) is 0.615. The summed E-state index contributed by atoms with van der Waals surface area (Å²) in [5, 5.41) is 47.6. The largest absolute Gasteiger partial charge is 0.505 e. The fourth-order valence-corrected chi connectivity index (χ4v) is 15.3. The van der Waals surface area contributed by atoms with Gasteiger partial charge in [-0.25, -0.2) is 25.2 Å². The molecule has 0 aliphatic carbocycles. The maximum absolute atomic E-state index is 15.4. The fourth-order valence-electron chi connectivity index (χ4n) is 9.14. The van der Waals surface area contributed by atoms with E-state index in [9.17, 15) is 97.1 Å². The lowest BCUT2D eigenvalue weighted by molar-refractivity contribution is 0.282. The van der Waals surface area contributed by atoms with Crippen LogP contribution in [0.5, 0.6) is 23.0 Å². The van der Waals surface area contributed by atoms with Crippen molar-refractivity contribution in [3.05, 3.63) is 96.1 Å². The number of phenolic OH excluding ortho intramolecular Hbond substituents is 2. The molecule has 1 aromatic heterocycles. The van der Waals surface area contributed by atoms with Crippen LogP contribution in [-0.2, 0) is 69.1 Å². The summed E-state index contributed by atoms with van der Waals surface area (Å²) in [7, 11) is -35.9. The van der Waals surface area contributed by atoms with E-state index in [0.29, 0.717) is 18.2 Å². The highest BCUT2D eigenvalue weighted by Gasteiger charge is 2.32. The lowest BCUT2D eigenvalue weighted by Gasteiger charge is -2.23. The van der Waals surface area contributed by atoms with Crippen molar-refractivity contribution in [2.75, 3.05) is 61.9 Å². The zero-order valence-corrected chi connectivity index (χ0v) is 57.0. The Bertz CT molecular complexity index is 5460. The van der Waals surface area contributed by atoms with Crippen LogP contribution in [0.2, 0.25) is 0 Å². The van der Waals surface area contributed by atoms with Crippen LogP contribution in [0.3, 0.4) is 0 Å². The van der Waals surface area contributed by atoms with Crippen molar-refractivity contribution in [1.82, 2.24) is 15.0 Å². The van der Waals surface area contributed by atoms with Crippen LogP contribution in [0, 0.1) is 19.9 Å². The molecule has 0 unspecified atom stereocenters. The predicted molar refractivity (Wildman–Crippen MR) is 347 cm³/mol. The fraction of sp³-hybridized carbons (Fsp3) is 0.180. The van der Waals surface area contributed by atoms with Crippen molar-refractivity contribution in [3.8, 4) is 23.0 Å². The molecule has 0 aliphatic rings. The average molecular weight is 1540 g/mol. The van der Waals surface area contributed by atoms with E-state index >= 15 is 4.39 Å². The summed E-state index contributed by atoms with van der Waals surface area (Å²) in [6.07, 6.45) is -1.46. The number of halogens is 1. The molecule has 99 heavy (non-hydrogen) atoms. The second-order valence-electron chi connectivity index (χ2n) is 20.2. The molecular weight excluding hydrogens is 1490 g/mol. The Hall–Kier alpha value is -8.68. The Morgan fingerprint density at radius 1 is 0.515 bits per heavy atom. The summed E-state index contributed by atoms with van der Waals surface area (Å²) >= 11 is 0. The zero-order chi connectivity index (χ0) is 73.7. The van der Waals surface area contributed by atoms with Gasteiger partial charge in [0, 0.05) is 35.9 Å². The van der Waals surface area contributed by atoms with Crippen LogP contribution in [0.25, 0.3) is 21.5 Å². The number of hydrogen-bond donors (Lipinski definition) is 14. The number of phenols is 2. The van der Waals surface area contributed by atoms with E-state index in [-0.39, 0.29) is 61.0 Å². The summed E-state index contributed by atoms with van der Waals surface area (Å²) < 4.78 is 283. The van der Waals surface area contributed by atoms with Gasteiger partial charge in [-0.15, -0.1) is 30.7 Å². The maximum Gasteiger partial charge on any atom is 0.397 e. The minimum atomic E-state index is -5.44. The van der Waals surface area contributed by atoms with E-state index in [1.165, 1.54) is 39.1 Å². The summed E-state index contributed by atoms with van der Waals surface area (Å²) in [4.78, 5) is 7.58. The molecule has 7 aromatic carbocycles. The van der Waals surface area contributed by atoms with Gasteiger partial charge in [0.15, 0.2) is 31.2 Å². The second-order valence-corrected chi connectivity index (χ2v) is 32.3. The number of nitrogen functional groups attached to an aromatic ring is 1. The molecule has 0 aliphatic heterocycles. The van der Waals surface area contributed by atoms with Gasteiger partial charge in [0.05, 0.1) is 69.6 Å². The number of aromatic nitrogens is 3. The number of sulfone groups is 2. The van der Waals surface area contributed by atoms with Crippen molar-refractivity contribution in [2.45, 2.75) is 43.2 Å². The Morgan fingerprint density at radius 2 is 0.980 bits per heavy atom. The minimum Gasteiger partial charge on any atom is -0.505 e. The summed E-state index contributed by atoms with van der Waals surface area (Å²) in [6, 6.07) is 12.6. The average Bonchev–Trinajstić information content (AvgIpc) is 0.745. The summed E-state index contributed by atoms with van der Waals surface area (Å²) in [5.74, 6) is -5.72. The highest BCUT2D eigenvalue weighted by molar-refractivity contribution is 8.19. The van der Waals surface area contributed by atoms with Crippen LogP contribution in [0.15, 0.2) is 139 Å². The molecule has 8 aromatic rings. The third-order valence-corrected chi connectivity index (χ3v) is 21.7. The molecule has 534 valence electrons. The summed E-state index contributed by atoms with van der Waals surface area (Å²) in [5.41, 5.74) is 0.936. The van der Waals surface area contributed by atoms with Crippen molar-refractivity contribution in [1.29, 1.82) is 0 Å². The van der Waals surface area contributed by atoms with E-state index in [0.717, 1.165) is 61.6 Å². The second kappa shape index (κ2) is 28.2. The van der Waals surface area contributed by atoms with Gasteiger partial charge < -0.3 is 63.0 Å². The molecule has 49 heteroatoms. The van der Waals surface area contributed by atoms with Gasteiger partial charge in [-0.1, -0.05) is 0 Å². The van der Waals surface area contributed by atoms with Gasteiger partial charge in [0.25, 0.3) is 20.2 Å². The third kappa shape index (κ3) is 17.7. The number of aromatic hydroxyl groups is 2. The molecule has 8 rings (SSSR count). The van der Waals surface area contributed by atoms with E-state index in [1.54, 1.807) is 0 Å². The van der Waals surface area contributed by atoms with Crippen molar-refractivity contribution < 1.29 is 128 Å². The molecule has 0 amide bonds. The molecule has 0 spiro atoms. The molecule has 0 saturated heterocycles. The molecule has 0 atom stereocenters. The van der Waals surface area contributed by atoms with Gasteiger partial charge in [-0.05, 0) is 102 Å². The quantitative estimate of drug-likeness (QED) is 0.0136. The number of nitrogens with one attached hydrogen (secondary N) is 1. The van der Waals surface area contributed by atoms with E-state index < -0.39 is 200 Å². The number of anilines is 5. The number of fused-ring (bicyclic) bond motifs is 2. The molecule has 0 radical (unpaired) electrons. The first-order valence-electron chi connectivity index (χ1n) is 26.4. The molecule has 40 nitrogen and oxygen atoms in total. The maximum atomic E-state index is 15.4. The standard InChI is InChI=1S/C50H51FN12O28S8/c1-23-14-30(33(88-4)21-36(23)92(66,67)12-10-90-98(82,83)84)57-60-43-38(95(73,74)75)18-26-19-40(97(79,80)81)45(47(65)41(26)42(43)52)62-59-32-20-27(6-9-35(32)94(70,71)72)53-49-54-48(51)55-50(56-49)63(3)28-7-8-29-25(16-28)17-39(96(76,77)78)44(46(29)64)61-58-31-15-24(2)37(22-34(31)89-5)93(68,69)13-11-91-99(85,86)87/h6-9,14-22,64-65,76-81H,10-13,52H2,1-5H3,(H,70,71,72)(H,73,74,75)(H,82,83,84)(H,85,86,87)(H,53,54,55,56). The van der Waals surface area contributed by atoms with E-state index in [1.807, 2.05) is 0 Å². The Balaban J connectivity index is 1.13. The number of hydrogen-bond acceptors (Lipinski definition) is 36. The molecule has 0 bridgehead atoms. The van der Waals surface area contributed by atoms with Gasteiger partial charge >= 0.3 is 26.9 Å². The molecule has 1 heterocycles. The van der Waals surface area contributed by atoms with Crippen LogP contribution >= 0.6 is 21.7 Å². The van der Waals surface area contributed by atoms with Gasteiger partial charge in [-0.2, -0.15) is 53.0 Å². The topological polar surface area (TPSA) is 639 Å². The van der Waals surface area contributed by atoms with E-state index in [2.05, 4.69) is 59.3 Å². The number of benzene rings is 7. The molecular formula is C50H51FN12O28S8. The number of ether oxygens (including phenoxy) is 2. The van der Waals surface area contributed by atoms with E-state index in [4.69, 9.17) is 24.3 Å². The van der Waals surface area contributed by atoms with Crippen molar-refractivity contribution >= 4 is 167 Å². The predicted octanol–water partition coefficient (Wildman–Crippen LogP) is 9.55. The van der Waals surface area contributed by atoms with Crippen LogP contribution in [-0.4, -0.2) is 167 Å². The third-order valence-electron chi connectivity index (χ3n) is 13.6.